The predicted molar refractivity (Wildman–Crippen MR) is 87.2 cm³/mol. The molecule has 1 rings (SSSR count). The topological polar surface area (TPSA) is 88.0 Å². The first-order chi connectivity index (χ1) is 9.44. The van der Waals surface area contributed by atoms with E-state index in [1.807, 2.05) is 0 Å². The lowest BCUT2D eigenvalue weighted by Gasteiger charge is -2.19. The van der Waals surface area contributed by atoms with E-state index in [-0.39, 0.29) is 16.0 Å². The fourth-order valence-corrected chi connectivity index (χ4v) is 2.89. The summed E-state index contributed by atoms with van der Waals surface area (Å²) in [4.78, 5) is 23.7. The van der Waals surface area contributed by atoms with Crippen molar-refractivity contribution in [3.05, 3.63) is 0 Å². The molecule has 0 aliphatic heterocycles. The molecule has 1 heterocycles. The molecule has 6 nitrogen and oxygen atoms in total. The van der Waals surface area contributed by atoms with Gasteiger partial charge in [0.25, 0.3) is 0 Å². The molecule has 118 valence electrons. The van der Waals surface area contributed by atoms with Crippen LogP contribution in [0.1, 0.15) is 41.5 Å². The Kier molecular flexibility index (Phi) is 5.86. The number of carboxylic acid groups (broad SMARTS) is 1. The number of aliphatic carboxylic acids is 1. The fourth-order valence-electron chi connectivity index (χ4n) is 1.21. The van der Waals surface area contributed by atoms with Crippen molar-refractivity contribution in [2.75, 3.05) is 11.9 Å². The van der Waals surface area contributed by atoms with Crippen LogP contribution in [0.15, 0.2) is 10.3 Å². The Morgan fingerprint density at radius 2 is 1.43 bits per heavy atom. The van der Waals surface area contributed by atoms with Crippen LogP contribution in [-0.4, -0.2) is 42.1 Å². The second-order valence-corrected chi connectivity index (χ2v) is 9.99. The Morgan fingerprint density at radius 1 is 1.00 bits per heavy atom. The maximum atomic E-state index is 10.7. The average molecular weight is 330 g/mol. The van der Waals surface area contributed by atoms with Gasteiger partial charge in [0.2, 0.25) is 5.95 Å². The normalized spacial score (nSPS) is 12.3. The molecule has 21 heavy (non-hydrogen) atoms. The van der Waals surface area contributed by atoms with Crippen molar-refractivity contribution in [3.63, 3.8) is 0 Å². The van der Waals surface area contributed by atoms with Gasteiger partial charge in [-0.15, -0.1) is 0 Å². The van der Waals surface area contributed by atoms with Gasteiger partial charge >= 0.3 is 5.97 Å². The van der Waals surface area contributed by atoms with Crippen molar-refractivity contribution < 1.29 is 9.90 Å². The number of hydrogen-bond donors (Lipinski definition) is 2. The average Bonchev–Trinajstić information content (AvgIpc) is 2.20. The van der Waals surface area contributed by atoms with E-state index < -0.39 is 5.97 Å². The van der Waals surface area contributed by atoms with Crippen LogP contribution < -0.4 is 5.32 Å². The first-order valence-corrected chi connectivity index (χ1v) is 8.18. The standard InChI is InChI=1S/C13H22N4O2S2/c1-12(2,3)20-10-15-9(14-7-8(18)19)16-11(17-10)21-13(4,5)6/h7H2,1-6H3,(H,18,19)(H,14,15,16,17). The van der Waals surface area contributed by atoms with Crippen LogP contribution in [0.2, 0.25) is 0 Å². The van der Waals surface area contributed by atoms with Gasteiger partial charge in [0.1, 0.15) is 6.54 Å². The highest BCUT2D eigenvalue weighted by molar-refractivity contribution is 8.01. The van der Waals surface area contributed by atoms with Crippen LogP contribution in [0.3, 0.4) is 0 Å². The molecule has 0 atom stereocenters. The van der Waals surface area contributed by atoms with Gasteiger partial charge in [0.05, 0.1) is 0 Å². The van der Waals surface area contributed by atoms with Crippen molar-refractivity contribution in [1.82, 2.24) is 15.0 Å². The summed E-state index contributed by atoms with van der Waals surface area (Å²) in [5.41, 5.74) is 0. The molecule has 2 N–H and O–H groups in total. The van der Waals surface area contributed by atoms with Crippen LogP contribution in [0, 0.1) is 0 Å². The van der Waals surface area contributed by atoms with Gasteiger partial charge in [-0.05, 0) is 0 Å². The second kappa shape index (κ2) is 6.83. The monoisotopic (exact) mass is 330 g/mol. The summed E-state index contributed by atoms with van der Waals surface area (Å²) in [5, 5.41) is 12.6. The van der Waals surface area contributed by atoms with Gasteiger partial charge in [-0.3, -0.25) is 4.79 Å². The molecular weight excluding hydrogens is 308 g/mol. The number of anilines is 1. The summed E-state index contributed by atoms with van der Waals surface area (Å²) in [7, 11) is 0. The smallest absolute Gasteiger partial charge is 0.322 e. The Labute approximate surface area is 133 Å². The van der Waals surface area contributed by atoms with Crippen LogP contribution in [-0.2, 0) is 4.79 Å². The van der Waals surface area contributed by atoms with E-state index >= 15 is 0 Å². The highest BCUT2D eigenvalue weighted by Crippen LogP contribution is 2.33. The highest BCUT2D eigenvalue weighted by atomic mass is 32.2. The van der Waals surface area contributed by atoms with Gasteiger partial charge in [-0.25, -0.2) is 0 Å². The Bertz CT molecular complexity index is 476. The molecule has 1 aromatic rings. The zero-order valence-corrected chi connectivity index (χ0v) is 14.9. The predicted octanol–water partition coefficient (Wildman–Crippen LogP) is 3.15. The van der Waals surface area contributed by atoms with E-state index in [4.69, 9.17) is 5.11 Å². The van der Waals surface area contributed by atoms with E-state index in [1.54, 1.807) is 0 Å². The second-order valence-electron chi connectivity index (χ2n) is 6.40. The summed E-state index contributed by atoms with van der Waals surface area (Å²) >= 11 is 3.05. The number of rotatable bonds is 5. The van der Waals surface area contributed by atoms with E-state index in [0.29, 0.717) is 16.3 Å². The highest BCUT2D eigenvalue weighted by Gasteiger charge is 2.20. The third-order valence-corrected chi connectivity index (χ3v) is 3.74. The molecular formula is C13H22N4O2S2. The summed E-state index contributed by atoms with van der Waals surface area (Å²) in [6.07, 6.45) is 0. The van der Waals surface area contributed by atoms with Crippen LogP contribution in [0.5, 0.6) is 0 Å². The van der Waals surface area contributed by atoms with Gasteiger partial charge in [0, 0.05) is 9.49 Å². The molecule has 0 aliphatic rings. The van der Waals surface area contributed by atoms with Crippen LogP contribution in [0.4, 0.5) is 5.95 Å². The molecule has 0 fully saturated rings. The van der Waals surface area contributed by atoms with Crippen LogP contribution in [0.25, 0.3) is 0 Å². The molecule has 0 aromatic carbocycles. The number of nitrogens with one attached hydrogen (secondary N) is 1. The molecule has 0 aliphatic carbocycles. The van der Waals surface area contributed by atoms with Crippen LogP contribution >= 0.6 is 23.5 Å². The number of carbonyl (C=O) groups is 1. The Morgan fingerprint density at radius 3 is 1.76 bits per heavy atom. The minimum Gasteiger partial charge on any atom is -0.480 e. The van der Waals surface area contributed by atoms with E-state index in [0.717, 1.165) is 0 Å². The lowest BCUT2D eigenvalue weighted by Crippen LogP contribution is -2.17. The molecule has 0 unspecified atom stereocenters. The molecule has 0 saturated heterocycles. The SMILES string of the molecule is CC(C)(C)Sc1nc(NCC(=O)O)nc(SC(C)(C)C)n1. The van der Waals surface area contributed by atoms with E-state index in [9.17, 15) is 4.79 Å². The summed E-state index contributed by atoms with van der Waals surface area (Å²) < 4.78 is -0.0653. The summed E-state index contributed by atoms with van der Waals surface area (Å²) in [6, 6.07) is 0. The molecule has 8 heteroatoms. The quantitative estimate of drug-likeness (QED) is 0.796. The Hall–Kier alpha value is -1.02. The molecule has 0 amide bonds. The maximum absolute atomic E-state index is 10.7. The molecule has 0 bridgehead atoms. The van der Waals surface area contributed by atoms with Gasteiger partial charge < -0.3 is 10.4 Å². The summed E-state index contributed by atoms with van der Waals surface area (Å²) in [5.74, 6) is -0.656. The first-order valence-electron chi connectivity index (χ1n) is 6.54. The van der Waals surface area contributed by atoms with Crippen molar-refractivity contribution in [1.29, 1.82) is 0 Å². The summed E-state index contributed by atoms with van der Waals surface area (Å²) in [6.45, 7) is 12.2. The zero-order valence-electron chi connectivity index (χ0n) is 13.2. The lowest BCUT2D eigenvalue weighted by molar-refractivity contribution is -0.134. The number of nitrogens with zero attached hydrogens (tertiary/aromatic N) is 3. The third kappa shape index (κ3) is 8.11. The van der Waals surface area contributed by atoms with Crippen molar-refractivity contribution in [2.24, 2.45) is 0 Å². The molecule has 0 saturated carbocycles. The van der Waals surface area contributed by atoms with E-state index in [2.05, 4.69) is 61.8 Å². The van der Waals surface area contributed by atoms with Crippen molar-refractivity contribution in [2.45, 2.75) is 61.3 Å². The number of aromatic nitrogens is 3. The van der Waals surface area contributed by atoms with Gasteiger partial charge in [-0.1, -0.05) is 65.1 Å². The van der Waals surface area contributed by atoms with Gasteiger partial charge in [0.15, 0.2) is 10.3 Å². The van der Waals surface area contributed by atoms with Crippen molar-refractivity contribution >= 4 is 35.4 Å². The molecule has 1 aromatic heterocycles. The lowest BCUT2D eigenvalue weighted by atomic mass is 10.3. The fraction of sp³-hybridized carbons (Fsp3) is 0.692. The van der Waals surface area contributed by atoms with Crippen molar-refractivity contribution in [3.8, 4) is 0 Å². The molecule has 0 spiro atoms. The minimum atomic E-state index is -0.953. The Balaban J connectivity index is 3.04. The number of thioether (sulfide) groups is 2. The third-order valence-electron chi connectivity index (χ3n) is 1.79. The zero-order chi connectivity index (χ0) is 16.3. The maximum Gasteiger partial charge on any atom is 0.322 e. The number of carboxylic acids is 1. The first kappa shape index (κ1) is 18.0. The largest absolute Gasteiger partial charge is 0.480 e. The minimum absolute atomic E-state index is 0.0326. The van der Waals surface area contributed by atoms with E-state index in [1.165, 1.54) is 23.5 Å². The number of hydrogen-bond acceptors (Lipinski definition) is 7. The van der Waals surface area contributed by atoms with Gasteiger partial charge in [-0.2, -0.15) is 15.0 Å². The molecule has 0 radical (unpaired) electrons.